The van der Waals surface area contributed by atoms with E-state index in [4.69, 9.17) is 0 Å². The van der Waals surface area contributed by atoms with Crippen LogP contribution in [0.5, 0.6) is 0 Å². The molecule has 3 nitrogen and oxygen atoms in total. The number of benzene rings is 1. The van der Waals surface area contributed by atoms with Crippen LogP contribution in [0.3, 0.4) is 0 Å². The average Bonchev–Trinajstić information content (AvgIpc) is 2.99. The van der Waals surface area contributed by atoms with E-state index in [2.05, 4.69) is 57.8 Å². The summed E-state index contributed by atoms with van der Waals surface area (Å²) in [4.78, 5) is 8.58. The third-order valence-electron chi connectivity index (χ3n) is 3.87. The third-order valence-corrected chi connectivity index (χ3v) is 3.87. The molecule has 0 bridgehead atoms. The molecule has 0 atom stereocenters. The molecule has 106 valence electrons. The van der Waals surface area contributed by atoms with E-state index in [9.17, 15) is 0 Å². The summed E-state index contributed by atoms with van der Waals surface area (Å²) in [5.74, 6) is 0. The third kappa shape index (κ3) is 2.17. The molecule has 4 rings (SSSR count). The Kier molecular flexibility index (Phi) is 2.97. The van der Waals surface area contributed by atoms with Gasteiger partial charge in [-0.05, 0) is 42.3 Å². The Morgan fingerprint density at radius 2 is 1.50 bits per heavy atom. The summed E-state index contributed by atoms with van der Waals surface area (Å²) >= 11 is 0. The molecule has 0 amide bonds. The summed E-state index contributed by atoms with van der Waals surface area (Å²) in [6.45, 7) is 2.10. The SMILES string of the molecule is Cc1ccc(-c2cnc3ccc(-c4ccncc4)cn23)cc1. The normalized spacial score (nSPS) is 11.0. The van der Waals surface area contributed by atoms with Crippen LogP contribution >= 0.6 is 0 Å². The van der Waals surface area contributed by atoms with Crippen molar-refractivity contribution in [2.45, 2.75) is 6.92 Å². The minimum atomic E-state index is 0.952. The van der Waals surface area contributed by atoms with Gasteiger partial charge < -0.3 is 0 Å². The number of aryl methyl sites for hydroxylation is 1. The highest BCUT2D eigenvalue weighted by Crippen LogP contribution is 2.25. The van der Waals surface area contributed by atoms with Gasteiger partial charge in [-0.15, -0.1) is 0 Å². The fraction of sp³-hybridized carbons (Fsp3) is 0.0526. The van der Waals surface area contributed by atoms with Crippen LogP contribution in [0.15, 0.2) is 73.3 Å². The second kappa shape index (κ2) is 5.11. The molecule has 0 aliphatic rings. The fourth-order valence-corrected chi connectivity index (χ4v) is 2.63. The van der Waals surface area contributed by atoms with Gasteiger partial charge in [-0.25, -0.2) is 4.98 Å². The molecule has 3 heteroatoms. The van der Waals surface area contributed by atoms with Crippen molar-refractivity contribution >= 4 is 5.65 Å². The Morgan fingerprint density at radius 1 is 0.773 bits per heavy atom. The second-order valence-electron chi connectivity index (χ2n) is 5.39. The van der Waals surface area contributed by atoms with Crippen LogP contribution in [0.1, 0.15) is 5.56 Å². The maximum Gasteiger partial charge on any atom is 0.137 e. The van der Waals surface area contributed by atoms with Gasteiger partial charge >= 0.3 is 0 Å². The van der Waals surface area contributed by atoms with Crippen LogP contribution < -0.4 is 0 Å². The molecule has 3 heterocycles. The zero-order valence-electron chi connectivity index (χ0n) is 12.3. The van der Waals surface area contributed by atoms with Crippen LogP contribution in [0.25, 0.3) is 28.0 Å². The molecule has 0 saturated heterocycles. The number of hydrogen-bond donors (Lipinski definition) is 0. The van der Waals surface area contributed by atoms with Crippen molar-refractivity contribution in [2.75, 3.05) is 0 Å². The standard InChI is InChI=1S/C19H15N3/c1-14-2-4-16(5-3-14)18-12-21-19-7-6-17(13-22(18)19)15-8-10-20-11-9-15/h2-13H,1H3. The molecule has 0 N–H and O–H groups in total. The second-order valence-corrected chi connectivity index (χ2v) is 5.39. The molecule has 0 radical (unpaired) electrons. The number of imidazole rings is 1. The highest BCUT2D eigenvalue weighted by molar-refractivity contribution is 5.69. The minimum Gasteiger partial charge on any atom is -0.299 e. The number of hydrogen-bond acceptors (Lipinski definition) is 2. The molecule has 3 aromatic heterocycles. The van der Waals surface area contributed by atoms with Crippen LogP contribution in [-0.2, 0) is 0 Å². The first-order chi connectivity index (χ1) is 10.8. The monoisotopic (exact) mass is 285 g/mol. The van der Waals surface area contributed by atoms with Crippen molar-refractivity contribution in [1.82, 2.24) is 14.4 Å². The Bertz CT molecular complexity index is 922. The summed E-state index contributed by atoms with van der Waals surface area (Å²) in [7, 11) is 0. The Morgan fingerprint density at radius 3 is 2.27 bits per heavy atom. The van der Waals surface area contributed by atoms with Crippen molar-refractivity contribution in [3.63, 3.8) is 0 Å². The molecule has 0 aliphatic carbocycles. The first-order valence-corrected chi connectivity index (χ1v) is 7.26. The molecule has 0 saturated carbocycles. The number of rotatable bonds is 2. The van der Waals surface area contributed by atoms with Gasteiger partial charge in [0.2, 0.25) is 0 Å². The van der Waals surface area contributed by atoms with Crippen LogP contribution in [0.4, 0.5) is 0 Å². The summed E-state index contributed by atoms with van der Waals surface area (Å²) in [6, 6.07) is 16.7. The van der Waals surface area contributed by atoms with Crippen molar-refractivity contribution in [3.05, 3.63) is 78.9 Å². The van der Waals surface area contributed by atoms with E-state index in [1.165, 1.54) is 11.1 Å². The molecule has 0 fully saturated rings. The van der Waals surface area contributed by atoms with Crippen molar-refractivity contribution < 1.29 is 0 Å². The topological polar surface area (TPSA) is 30.2 Å². The van der Waals surface area contributed by atoms with Crippen molar-refractivity contribution in [1.29, 1.82) is 0 Å². The molecule has 0 aliphatic heterocycles. The minimum absolute atomic E-state index is 0.952. The molecule has 1 aromatic carbocycles. The first-order valence-electron chi connectivity index (χ1n) is 7.26. The molecule has 0 unspecified atom stereocenters. The van der Waals surface area contributed by atoms with Gasteiger partial charge in [0.1, 0.15) is 5.65 Å². The van der Waals surface area contributed by atoms with Crippen molar-refractivity contribution in [2.24, 2.45) is 0 Å². The van der Waals surface area contributed by atoms with Crippen LogP contribution in [0, 0.1) is 6.92 Å². The Hall–Kier alpha value is -2.94. The van der Waals surface area contributed by atoms with Gasteiger partial charge in [0.05, 0.1) is 11.9 Å². The lowest BCUT2D eigenvalue weighted by molar-refractivity contribution is 1.19. The quantitative estimate of drug-likeness (QED) is 0.547. The van der Waals surface area contributed by atoms with E-state index in [1.807, 2.05) is 36.8 Å². The van der Waals surface area contributed by atoms with E-state index in [0.717, 1.165) is 22.5 Å². The lowest BCUT2D eigenvalue weighted by Crippen LogP contribution is -1.90. The summed E-state index contributed by atoms with van der Waals surface area (Å²) < 4.78 is 2.14. The summed E-state index contributed by atoms with van der Waals surface area (Å²) in [5, 5.41) is 0. The summed E-state index contributed by atoms with van der Waals surface area (Å²) in [6.07, 6.45) is 7.69. The largest absolute Gasteiger partial charge is 0.299 e. The van der Waals surface area contributed by atoms with Gasteiger partial charge in [0.15, 0.2) is 0 Å². The Balaban J connectivity index is 1.88. The van der Waals surface area contributed by atoms with E-state index in [0.29, 0.717) is 0 Å². The van der Waals surface area contributed by atoms with Gasteiger partial charge in [0, 0.05) is 24.2 Å². The zero-order valence-corrected chi connectivity index (χ0v) is 12.3. The predicted molar refractivity (Wildman–Crippen MR) is 88.6 cm³/mol. The molecular formula is C19H15N3. The van der Waals surface area contributed by atoms with E-state index in [1.54, 1.807) is 0 Å². The lowest BCUT2D eigenvalue weighted by atomic mass is 10.1. The van der Waals surface area contributed by atoms with Crippen LogP contribution in [-0.4, -0.2) is 14.4 Å². The predicted octanol–water partition coefficient (Wildman–Crippen LogP) is 4.37. The van der Waals surface area contributed by atoms with Gasteiger partial charge in [-0.1, -0.05) is 29.8 Å². The Labute approximate surface area is 128 Å². The van der Waals surface area contributed by atoms with E-state index in [-0.39, 0.29) is 0 Å². The molecule has 4 aromatic rings. The van der Waals surface area contributed by atoms with Crippen molar-refractivity contribution in [3.8, 4) is 22.4 Å². The fourth-order valence-electron chi connectivity index (χ4n) is 2.63. The van der Waals surface area contributed by atoms with Gasteiger partial charge in [-0.3, -0.25) is 9.38 Å². The highest BCUT2D eigenvalue weighted by Gasteiger charge is 2.07. The van der Waals surface area contributed by atoms with Crippen LogP contribution in [0.2, 0.25) is 0 Å². The number of aromatic nitrogens is 3. The lowest BCUT2D eigenvalue weighted by Gasteiger charge is -2.06. The summed E-state index contributed by atoms with van der Waals surface area (Å²) in [5.41, 5.74) is 6.79. The maximum atomic E-state index is 4.50. The maximum absolute atomic E-state index is 4.50. The smallest absolute Gasteiger partial charge is 0.137 e. The van der Waals surface area contributed by atoms with E-state index >= 15 is 0 Å². The zero-order chi connectivity index (χ0) is 14.9. The van der Waals surface area contributed by atoms with Gasteiger partial charge in [0.25, 0.3) is 0 Å². The molecular weight excluding hydrogens is 270 g/mol. The number of fused-ring (bicyclic) bond motifs is 1. The first kappa shape index (κ1) is 12.8. The molecule has 0 spiro atoms. The molecule has 22 heavy (non-hydrogen) atoms. The number of pyridine rings is 2. The highest BCUT2D eigenvalue weighted by atomic mass is 15.0. The van der Waals surface area contributed by atoms with E-state index < -0.39 is 0 Å². The van der Waals surface area contributed by atoms with Gasteiger partial charge in [-0.2, -0.15) is 0 Å². The number of nitrogens with zero attached hydrogens (tertiary/aromatic N) is 3. The average molecular weight is 285 g/mol.